The van der Waals surface area contributed by atoms with Crippen molar-refractivity contribution in [2.75, 3.05) is 17.2 Å². The fourth-order valence-corrected chi connectivity index (χ4v) is 2.53. The minimum Gasteiger partial charge on any atom is -0.492 e. The zero-order valence-corrected chi connectivity index (χ0v) is 14.8. The summed E-state index contributed by atoms with van der Waals surface area (Å²) in [6.45, 7) is 2.76. The van der Waals surface area contributed by atoms with Gasteiger partial charge in [0, 0.05) is 6.54 Å². The zero-order chi connectivity index (χ0) is 19.1. The summed E-state index contributed by atoms with van der Waals surface area (Å²) < 4.78 is 5.55. The van der Waals surface area contributed by atoms with E-state index in [1.807, 2.05) is 49.4 Å². The Labute approximate surface area is 156 Å². The Kier molecular flexibility index (Phi) is 5.78. The summed E-state index contributed by atoms with van der Waals surface area (Å²) in [6.07, 6.45) is 1.28. The molecule has 0 saturated carbocycles. The van der Waals surface area contributed by atoms with E-state index in [-0.39, 0.29) is 17.3 Å². The monoisotopic (exact) mass is 365 g/mol. The molecule has 0 aliphatic carbocycles. The number of nitro groups is 1. The standard InChI is InChI=1S/C19H19N5O3/c1-2-27-16-11-7-6-10-15(16)23-19-17(24(25)26)18(21-13-22-19)20-12-14-8-4-3-5-9-14/h3-11,13H,2,12H2,1H3,(H2,20,21,22,23). The summed E-state index contributed by atoms with van der Waals surface area (Å²) in [5.74, 6) is 0.833. The fourth-order valence-electron chi connectivity index (χ4n) is 2.53. The first-order valence-corrected chi connectivity index (χ1v) is 8.45. The van der Waals surface area contributed by atoms with Gasteiger partial charge in [-0.3, -0.25) is 10.1 Å². The highest BCUT2D eigenvalue weighted by Gasteiger charge is 2.23. The van der Waals surface area contributed by atoms with Gasteiger partial charge < -0.3 is 15.4 Å². The summed E-state index contributed by atoms with van der Waals surface area (Å²) in [7, 11) is 0. The van der Waals surface area contributed by atoms with Crippen molar-refractivity contribution < 1.29 is 9.66 Å². The SMILES string of the molecule is CCOc1ccccc1Nc1ncnc(NCc2ccccc2)c1[N+](=O)[O-]. The summed E-state index contributed by atoms with van der Waals surface area (Å²) in [5, 5.41) is 17.7. The van der Waals surface area contributed by atoms with Crippen LogP contribution in [0.15, 0.2) is 60.9 Å². The Morgan fingerprint density at radius 3 is 2.48 bits per heavy atom. The lowest BCUT2D eigenvalue weighted by atomic mass is 10.2. The second kappa shape index (κ2) is 8.61. The molecule has 8 nitrogen and oxygen atoms in total. The molecular formula is C19H19N5O3. The second-order valence-corrected chi connectivity index (χ2v) is 5.57. The van der Waals surface area contributed by atoms with Crippen molar-refractivity contribution in [3.05, 3.63) is 76.6 Å². The Bertz CT molecular complexity index is 918. The number of para-hydroxylation sites is 2. The molecule has 2 N–H and O–H groups in total. The van der Waals surface area contributed by atoms with E-state index >= 15 is 0 Å². The molecule has 0 aliphatic rings. The van der Waals surface area contributed by atoms with Crippen LogP contribution in [0.4, 0.5) is 23.0 Å². The van der Waals surface area contributed by atoms with Crippen molar-refractivity contribution in [3.63, 3.8) is 0 Å². The van der Waals surface area contributed by atoms with Crippen LogP contribution in [0.1, 0.15) is 12.5 Å². The minimum absolute atomic E-state index is 0.0951. The van der Waals surface area contributed by atoms with Crippen LogP contribution in [0.5, 0.6) is 5.75 Å². The lowest BCUT2D eigenvalue weighted by Crippen LogP contribution is -2.08. The third-order valence-electron chi connectivity index (χ3n) is 3.75. The first-order chi connectivity index (χ1) is 13.2. The summed E-state index contributed by atoms with van der Waals surface area (Å²) in [5.41, 5.74) is 1.36. The van der Waals surface area contributed by atoms with E-state index in [1.54, 1.807) is 12.1 Å². The van der Waals surface area contributed by atoms with E-state index in [0.717, 1.165) is 5.56 Å². The molecule has 1 heterocycles. The van der Waals surface area contributed by atoms with Crippen LogP contribution in [-0.4, -0.2) is 21.5 Å². The normalized spacial score (nSPS) is 10.3. The molecular weight excluding hydrogens is 346 g/mol. The lowest BCUT2D eigenvalue weighted by Gasteiger charge is -2.13. The zero-order valence-electron chi connectivity index (χ0n) is 14.8. The largest absolute Gasteiger partial charge is 0.492 e. The maximum atomic E-state index is 11.7. The van der Waals surface area contributed by atoms with Gasteiger partial charge in [0.1, 0.15) is 12.1 Å². The highest BCUT2D eigenvalue weighted by Crippen LogP contribution is 2.34. The minimum atomic E-state index is -0.501. The summed E-state index contributed by atoms with van der Waals surface area (Å²) in [4.78, 5) is 19.3. The molecule has 0 fully saturated rings. The van der Waals surface area contributed by atoms with E-state index in [0.29, 0.717) is 24.6 Å². The molecule has 27 heavy (non-hydrogen) atoms. The summed E-state index contributed by atoms with van der Waals surface area (Å²) >= 11 is 0. The molecule has 0 spiro atoms. The predicted octanol–water partition coefficient (Wildman–Crippen LogP) is 4.14. The first-order valence-electron chi connectivity index (χ1n) is 8.45. The quantitative estimate of drug-likeness (QED) is 0.457. The number of hydrogen-bond acceptors (Lipinski definition) is 7. The average molecular weight is 365 g/mol. The van der Waals surface area contributed by atoms with Crippen LogP contribution in [0, 0.1) is 10.1 Å². The topological polar surface area (TPSA) is 102 Å². The van der Waals surface area contributed by atoms with Crippen LogP contribution in [-0.2, 0) is 6.54 Å². The number of anilines is 3. The molecule has 0 saturated heterocycles. The first kappa shape index (κ1) is 18.1. The van der Waals surface area contributed by atoms with Crippen molar-refractivity contribution in [2.45, 2.75) is 13.5 Å². The molecule has 138 valence electrons. The third kappa shape index (κ3) is 4.49. The molecule has 0 radical (unpaired) electrons. The van der Waals surface area contributed by atoms with Crippen LogP contribution in [0.3, 0.4) is 0 Å². The molecule has 3 aromatic rings. The Balaban J connectivity index is 1.89. The van der Waals surface area contributed by atoms with Gasteiger partial charge >= 0.3 is 5.69 Å². The number of nitrogens with zero attached hydrogens (tertiary/aromatic N) is 3. The Morgan fingerprint density at radius 1 is 1.04 bits per heavy atom. The lowest BCUT2D eigenvalue weighted by molar-refractivity contribution is -0.383. The van der Waals surface area contributed by atoms with E-state index in [4.69, 9.17) is 4.74 Å². The molecule has 0 atom stereocenters. The van der Waals surface area contributed by atoms with Crippen molar-refractivity contribution in [1.82, 2.24) is 9.97 Å². The third-order valence-corrected chi connectivity index (χ3v) is 3.75. The fraction of sp³-hybridized carbons (Fsp3) is 0.158. The molecule has 0 amide bonds. The molecule has 8 heteroatoms. The van der Waals surface area contributed by atoms with E-state index < -0.39 is 4.92 Å². The van der Waals surface area contributed by atoms with Gasteiger partial charge in [-0.15, -0.1) is 0 Å². The Morgan fingerprint density at radius 2 is 1.74 bits per heavy atom. The van der Waals surface area contributed by atoms with Crippen LogP contribution in [0.25, 0.3) is 0 Å². The highest BCUT2D eigenvalue weighted by molar-refractivity contribution is 5.75. The van der Waals surface area contributed by atoms with Gasteiger partial charge in [0.25, 0.3) is 0 Å². The van der Waals surface area contributed by atoms with Gasteiger partial charge in [-0.1, -0.05) is 42.5 Å². The second-order valence-electron chi connectivity index (χ2n) is 5.57. The van der Waals surface area contributed by atoms with E-state index in [2.05, 4.69) is 20.6 Å². The molecule has 1 aromatic heterocycles. The predicted molar refractivity (Wildman–Crippen MR) is 103 cm³/mol. The number of ether oxygens (including phenoxy) is 1. The van der Waals surface area contributed by atoms with Crippen LogP contribution in [0.2, 0.25) is 0 Å². The van der Waals surface area contributed by atoms with Crippen molar-refractivity contribution in [1.29, 1.82) is 0 Å². The van der Waals surface area contributed by atoms with E-state index in [9.17, 15) is 10.1 Å². The summed E-state index contributed by atoms with van der Waals surface area (Å²) in [6, 6.07) is 16.8. The van der Waals surface area contributed by atoms with Gasteiger partial charge in [0.05, 0.1) is 17.2 Å². The average Bonchev–Trinajstić information content (AvgIpc) is 2.69. The molecule has 0 bridgehead atoms. The van der Waals surface area contributed by atoms with Gasteiger partial charge in [0.15, 0.2) is 0 Å². The number of aromatic nitrogens is 2. The highest BCUT2D eigenvalue weighted by atomic mass is 16.6. The number of benzene rings is 2. The van der Waals surface area contributed by atoms with Gasteiger partial charge in [-0.2, -0.15) is 0 Å². The van der Waals surface area contributed by atoms with Crippen molar-refractivity contribution >= 4 is 23.0 Å². The molecule has 0 aliphatic heterocycles. The van der Waals surface area contributed by atoms with Crippen LogP contribution >= 0.6 is 0 Å². The van der Waals surface area contributed by atoms with Crippen molar-refractivity contribution in [3.8, 4) is 5.75 Å². The van der Waals surface area contributed by atoms with Gasteiger partial charge in [0.2, 0.25) is 11.6 Å². The number of rotatable bonds is 8. The smallest absolute Gasteiger partial charge is 0.353 e. The van der Waals surface area contributed by atoms with Gasteiger partial charge in [-0.05, 0) is 24.6 Å². The number of hydrogen-bond donors (Lipinski definition) is 2. The maximum Gasteiger partial charge on any atom is 0.353 e. The number of nitrogens with one attached hydrogen (secondary N) is 2. The molecule has 0 unspecified atom stereocenters. The Hall–Kier alpha value is -3.68. The van der Waals surface area contributed by atoms with Gasteiger partial charge in [-0.25, -0.2) is 9.97 Å². The van der Waals surface area contributed by atoms with Crippen LogP contribution < -0.4 is 15.4 Å². The van der Waals surface area contributed by atoms with E-state index in [1.165, 1.54) is 6.33 Å². The molecule has 2 aromatic carbocycles. The van der Waals surface area contributed by atoms with Crippen molar-refractivity contribution in [2.24, 2.45) is 0 Å². The maximum absolute atomic E-state index is 11.7. The molecule has 3 rings (SSSR count).